The third-order valence-electron chi connectivity index (χ3n) is 2.47. The van der Waals surface area contributed by atoms with E-state index in [1.807, 2.05) is 0 Å². The highest BCUT2D eigenvalue weighted by atomic mass is 16.6. The van der Waals surface area contributed by atoms with E-state index in [9.17, 15) is 0 Å². The van der Waals surface area contributed by atoms with Crippen molar-refractivity contribution in [2.75, 3.05) is 7.11 Å². The highest BCUT2D eigenvalue weighted by Crippen LogP contribution is 2.13. The van der Waals surface area contributed by atoms with Gasteiger partial charge in [0, 0.05) is 6.54 Å². The van der Waals surface area contributed by atoms with Gasteiger partial charge in [0.15, 0.2) is 0 Å². The number of rotatable bonds is 5. The van der Waals surface area contributed by atoms with Crippen LogP contribution >= 0.6 is 0 Å². The fourth-order valence-corrected chi connectivity index (χ4v) is 1.56. The Morgan fingerprint density at radius 1 is 1.14 bits per heavy atom. The van der Waals surface area contributed by atoms with Gasteiger partial charge in [0.1, 0.15) is 0 Å². The molecule has 0 unspecified atom stereocenters. The Labute approximate surface area is 86.2 Å². The maximum absolute atomic E-state index is 4.87. The Morgan fingerprint density at radius 2 is 1.93 bits per heavy atom. The molecule has 14 heavy (non-hydrogen) atoms. The summed E-state index contributed by atoms with van der Waals surface area (Å²) in [5.41, 5.74) is 7.01. The van der Waals surface area contributed by atoms with Crippen molar-refractivity contribution in [2.45, 2.75) is 33.2 Å². The molecule has 0 aliphatic rings. The number of aryl methyl sites for hydroxylation is 2. The zero-order valence-corrected chi connectivity index (χ0v) is 9.26. The number of hydroxylamine groups is 1. The van der Waals surface area contributed by atoms with Crippen LogP contribution in [0.15, 0.2) is 18.2 Å². The van der Waals surface area contributed by atoms with E-state index < -0.39 is 0 Å². The molecule has 0 atom stereocenters. The molecule has 0 fully saturated rings. The molecule has 1 aromatic carbocycles. The molecule has 1 aromatic rings. The van der Waals surface area contributed by atoms with Gasteiger partial charge in [-0.1, -0.05) is 32.0 Å². The molecule has 0 spiro atoms. The monoisotopic (exact) mass is 193 g/mol. The molecule has 1 rings (SSSR count). The van der Waals surface area contributed by atoms with Crippen molar-refractivity contribution in [2.24, 2.45) is 0 Å². The van der Waals surface area contributed by atoms with Crippen molar-refractivity contribution in [3.63, 3.8) is 0 Å². The lowest BCUT2D eigenvalue weighted by atomic mass is 10.0. The molecule has 0 aliphatic heterocycles. The molecule has 0 saturated carbocycles. The smallest absolute Gasteiger partial charge is 0.0572 e. The summed E-state index contributed by atoms with van der Waals surface area (Å²) in [6.07, 6.45) is 2.16. The van der Waals surface area contributed by atoms with Gasteiger partial charge in [-0.2, -0.15) is 5.48 Å². The van der Waals surface area contributed by atoms with Crippen molar-refractivity contribution in [3.05, 3.63) is 34.9 Å². The predicted octanol–water partition coefficient (Wildman–Crippen LogP) is 2.46. The van der Waals surface area contributed by atoms with Gasteiger partial charge in [0.25, 0.3) is 0 Å². The predicted molar refractivity (Wildman–Crippen MR) is 59.0 cm³/mol. The van der Waals surface area contributed by atoms with E-state index in [2.05, 4.69) is 37.5 Å². The Balaban J connectivity index is 2.84. The molecule has 1 N–H and O–H groups in total. The maximum atomic E-state index is 4.87. The number of nitrogens with one attached hydrogen (secondary N) is 1. The fourth-order valence-electron chi connectivity index (χ4n) is 1.56. The van der Waals surface area contributed by atoms with Crippen LogP contribution in [0.5, 0.6) is 0 Å². The average Bonchev–Trinajstić information content (AvgIpc) is 2.25. The van der Waals surface area contributed by atoms with Crippen LogP contribution in [0.3, 0.4) is 0 Å². The first-order chi connectivity index (χ1) is 6.81. The topological polar surface area (TPSA) is 21.3 Å². The molecule has 0 bridgehead atoms. The Kier molecular flexibility index (Phi) is 4.63. The van der Waals surface area contributed by atoms with Crippen LogP contribution < -0.4 is 5.48 Å². The molecule has 78 valence electrons. The summed E-state index contributed by atoms with van der Waals surface area (Å²) in [6, 6.07) is 6.67. The lowest BCUT2D eigenvalue weighted by Crippen LogP contribution is -2.12. The van der Waals surface area contributed by atoms with E-state index >= 15 is 0 Å². The molecule has 2 nitrogen and oxygen atoms in total. The van der Waals surface area contributed by atoms with Gasteiger partial charge in [0.2, 0.25) is 0 Å². The third kappa shape index (κ3) is 2.82. The van der Waals surface area contributed by atoms with Crippen LogP contribution in [0.1, 0.15) is 30.5 Å². The van der Waals surface area contributed by atoms with E-state index in [1.165, 1.54) is 16.7 Å². The van der Waals surface area contributed by atoms with E-state index in [1.54, 1.807) is 7.11 Å². The van der Waals surface area contributed by atoms with Gasteiger partial charge in [-0.3, -0.25) is 0 Å². The van der Waals surface area contributed by atoms with Crippen LogP contribution in [0.25, 0.3) is 0 Å². The Hall–Kier alpha value is -0.860. The van der Waals surface area contributed by atoms with Crippen LogP contribution in [-0.4, -0.2) is 7.11 Å². The lowest BCUT2D eigenvalue weighted by Gasteiger charge is -2.09. The van der Waals surface area contributed by atoms with Gasteiger partial charge in [0.05, 0.1) is 7.11 Å². The molecular weight excluding hydrogens is 174 g/mol. The third-order valence-corrected chi connectivity index (χ3v) is 2.47. The Bertz CT molecular complexity index is 284. The number of hydrogen-bond donors (Lipinski definition) is 1. The summed E-state index contributed by atoms with van der Waals surface area (Å²) in [6.45, 7) is 5.14. The molecule has 0 aliphatic carbocycles. The lowest BCUT2D eigenvalue weighted by molar-refractivity contribution is 0.0865. The average molecular weight is 193 g/mol. The number of hydrogen-bond acceptors (Lipinski definition) is 2. The van der Waals surface area contributed by atoms with Crippen molar-refractivity contribution in [1.29, 1.82) is 0 Å². The van der Waals surface area contributed by atoms with Gasteiger partial charge < -0.3 is 4.84 Å². The highest BCUT2D eigenvalue weighted by Gasteiger charge is 2.01. The quantitative estimate of drug-likeness (QED) is 0.725. The minimum Gasteiger partial charge on any atom is -0.305 e. The summed E-state index contributed by atoms with van der Waals surface area (Å²) in [7, 11) is 1.65. The largest absolute Gasteiger partial charge is 0.305 e. The normalized spacial score (nSPS) is 10.5. The minimum atomic E-state index is 0.785. The van der Waals surface area contributed by atoms with Crippen molar-refractivity contribution in [1.82, 2.24) is 5.48 Å². The molecule has 0 amide bonds. The van der Waals surface area contributed by atoms with Crippen LogP contribution in [0.4, 0.5) is 0 Å². The fraction of sp³-hybridized carbons (Fsp3) is 0.500. The van der Waals surface area contributed by atoms with Crippen molar-refractivity contribution < 1.29 is 4.84 Å². The summed E-state index contributed by atoms with van der Waals surface area (Å²) in [5, 5.41) is 0. The standard InChI is InChI=1S/C12H19NO/c1-4-10-6-7-11(5-2)12(8-10)9-13-14-3/h6-8,13H,4-5,9H2,1-3H3. The second-order valence-corrected chi connectivity index (χ2v) is 3.34. The highest BCUT2D eigenvalue weighted by molar-refractivity contribution is 5.32. The number of benzene rings is 1. The van der Waals surface area contributed by atoms with Crippen molar-refractivity contribution in [3.8, 4) is 0 Å². The Morgan fingerprint density at radius 3 is 2.50 bits per heavy atom. The van der Waals surface area contributed by atoms with Crippen LogP contribution in [-0.2, 0) is 24.2 Å². The van der Waals surface area contributed by atoms with Gasteiger partial charge in [-0.05, 0) is 29.5 Å². The van der Waals surface area contributed by atoms with E-state index in [0.29, 0.717) is 0 Å². The summed E-state index contributed by atoms with van der Waals surface area (Å²) >= 11 is 0. The minimum absolute atomic E-state index is 0.785. The molecule has 0 heterocycles. The SMILES string of the molecule is CCc1ccc(CC)c(CNOC)c1. The van der Waals surface area contributed by atoms with Gasteiger partial charge in [-0.25, -0.2) is 0 Å². The zero-order chi connectivity index (χ0) is 10.4. The van der Waals surface area contributed by atoms with Crippen LogP contribution in [0, 0.1) is 0 Å². The summed E-state index contributed by atoms with van der Waals surface area (Å²) < 4.78 is 0. The van der Waals surface area contributed by atoms with Crippen LogP contribution in [0.2, 0.25) is 0 Å². The molecular formula is C12H19NO. The first-order valence-electron chi connectivity index (χ1n) is 5.18. The van der Waals surface area contributed by atoms with Gasteiger partial charge in [-0.15, -0.1) is 0 Å². The molecule has 0 aromatic heterocycles. The van der Waals surface area contributed by atoms with E-state index in [0.717, 1.165) is 19.4 Å². The van der Waals surface area contributed by atoms with E-state index in [4.69, 9.17) is 4.84 Å². The summed E-state index contributed by atoms with van der Waals surface area (Å²) in [5.74, 6) is 0. The first kappa shape index (κ1) is 11.2. The first-order valence-corrected chi connectivity index (χ1v) is 5.18. The van der Waals surface area contributed by atoms with Gasteiger partial charge >= 0.3 is 0 Å². The second-order valence-electron chi connectivity index (χ2n) is 3.34. The van der Waals surface area contributed by atoms with E-state index in [-0.39, 0.29) is 0 Å². The second kappa shape index (κ2) is 5.78. The molecule has 2 heteroatoms. The summed E-state index contributed by atoms with van der Waals surface area (Å²) in [4.78, 5) is 4.87. The van der Waals surface area contributed by atoms with Crippen molar-refractivity contribution >= 4 is 0 Å². The maximum Gasteiger partial charge on any atom is 0.0572 e. The molecule has 0 saturated heterocycles. The zero-order valence-electron chi connectivity index (χ0n) is 9.26. The molecule has 0 radical (unpaired) electrons.